The molecule has 0 aliphatic carbocycles. The Bertz CT molecular complexity index is 1020. The first-order chi connectivity index (χ1) is 13.6. The third-order valence-corrected chi connectivity index (χ3v) is 6.09. The van der Waals surface area contributed by atoms with E-state index in [1.807, 2.05) is 22.8 Å². The van der Waals surface area contributed by atoms with Gasteiger partial charge in [-0.1, -0.05) is 6.07 Å². The monoisotopic (exact) mass is 375 g/mol. The van der Waals surface area contributed by atoms with E-state index in [4.69, 9.17) is 4.99 Å². The molecule has 3 aliphatic rings. The van der Waals surface area contributed by atoms with Crippen molar-refractivity contribution in [2.24, 2.45) is 12.0 Å². The van der Waals surface area contributed by atoms with Crippen LogP contribution in [0.3, 0.4) is 0 Å². The number of fused-ring (bicyclic) bond motifs is 1. The van der Waals surface area contributed by atoms with E-state index < -0.39 is 0 Å². The number of aromatic nitrogens is 2. The summed E-state index contributed by atoms with van der Waals surface area (Å²) in [5, 5.41) is 4.30. The number of nitrogens with zero attached hydrogens (tertiary/aromatic N) is 5. The second-order valence-electron chi connectivity index (χ2n) is 7.91. The van der Waals surface area contributed by atoms with Crippen LogP contribution in [0.5, 0.6) is 0 Å². The Morgan fingerprint density at radius 3 is 2.82 bits per heavy atom. The highest BCUT2D eigenvalue weighted by Crippen LogP contribution is 2.35. The van der Waals surface area contributed by atoms with E-state index in [-0.39, 0.29) is 5.91 Å². The number of amides is 1. The van der Waals surface area contributed by atoms with Crippen LogP contribution in [0.15, 0.2) is 46.7 Å². The van der Waals surface area contributed by atoms with Crippen LogP contribution in [0, 0.1) is 0 Å². The Hall–Kier alpha value is -2.89. The average Bonchev–Trinajstić information content (AvgIpc) is 3.32. The summed E-state index contributed by atoms with van der Waals surface area (Å²) in [7, 11) is 1.95. The molecule has 1 aromatic carbocycles. The van der Waals surface area contributed by atoms with Crippen LogP contribution in [0.2, 0.25) is 0 Å². The summed E-state index contributed by atoms with van der Waals surface area (Å²) >= 11 is 0. The molecular weight excluding hydrogens is 350 g/mol. The van der Waals surface area contributed by atoms with Gasteiger partial charge in [0.2, 0.25) is 5.91 Å². The summed E-state index contributed by atoms with van der Waals surface area (Å²) < 4.78 is 1.84. The molecule has 6 nitrogen and oxygen atoms in total. The van der Waals surface area contributed by atoms with E-state index >= 15 is 0 Å². The third-order valence-electron chi connectivity index (χ3n) is 6.09. The third kappa shape index (κ3) is 2.84. The van der Waals surface area contributed by atoms with Crippen molar-refractivity contribution >= 4 is 17.4 Å². The van der Waals surface area contributed by atoms with Crippen molar-refractivity contribution in [3.8, 4) is 11.1 Å². The van der Waals surface area contributed by atoms with E-state index in [9.17, 15) is 4.79 Å². The fraction of sp³-hybridized carbons (Fsp3) is 0.409. The SMILES string of the molecule is CC(=O)N1CCC2=C(C1)C(N1CCCc3cc(-c4cnn(C)c4)ccc31)=NC2. The second kappa shape index (κ2) is 6.62. The molecule has 0 saturated carbocycles. The minimum atomic E-state index is 0.151. The molecule has 0 bridgehead atoms. The van der Waals surface area contributed by atoms with Crippen LogP contribution in [-0.4, -0.2) is 52.6 Å². The predicted octanol–water partition coefficient (Wildman–Crippen LogP) is 2.80. The van der Waals surface area contributed by atoms with E-state index in [1.165, 1.54) is 28.0 Å². The fourth-order valence-electron chi connectivity index (χ4n) is 4.56. The Labute approximate surface area is 165 Å². The summed E-state index contributed by atoms with van der Waals surface area (Å²) in [5.41, 5.74) is 7.66. The lowest BCUT2D eigenvalue weighted by Gasteiger charge is -2.35. The van der Waals surface area contributed by atoms with Crippen molar-refractivity contribution in [1.29, 1.82) is 0 Å². The number of carbonyl (C=O) groups excluding carboxylic acids is 1. The zero-order chi connectivity index (χ0) is 19.3. The van der Waals surface area contributed by atoms with Gasteiger partial charge < -0.3 is 9.80 Å². The first-order valence-electron chi connectivity index (χ1n) is 10.0. The van der Waals surface area contributed by atoms with Gasteiger partial charge in [-0.15, -0.1) is 0 Å². The average molecular weight is 375 g/mol. The van der Waals surface area contributed by atoms with Crippen LogP contribution >= 0.6 is 0 Å². The Morgan fingerprint density at radius 1 is 1.14 bits per heavy atom. The zero-order valence-corrected chi connectivity index (χ0v) is 16.5. The lowest BCUT2D eigenvalue weighted by Crippen LogP contribution is -2.42. The number of aryl methyl sites for hydroxylation is 2. The van der Waals surface area contributed by atoms with Gasteiger partial charge >= 0.3 is 0 Å². The first-order valence-corrected chi connectivity index (χ1v) is 10.0. The number of benzene rings is 1. The molecule has 0 fully saturated rings. The molecule has 5 rings (SSSR count). The number of amidine groups is 1. The van der Waals surface area contributed by atoms with Gasteiger partial charge in [0.25, 0.3) is 0 Å². The molecule has 0 unspecified atom stereocenters. The summed E-state index contributed by atoms with van der Waals surface area (Å²) in [6.07, 6.45) is 7.11. The summed E-state index contributed by atoms with van der Waals surface area (Å²) in [6, 6.07) is 6.71. The van der Waals surface area contributed by atoms with Crippen molar-refractivity contribution in [1.82, 2.24) is 14.7 Å². The van der Waals surface area contributed by atoms with E-state index in [2.05, 4.69) is 34.4 Å². The molecule has 0 N–H and O–H groups in total. The highest BCUT2D eigenvalue weighted by molar-refractivity contribution is 6.12. The van der Waals surface area contributed by atoms with E-state index in [1.54, 1.807) is 6.92 Å². The van der Waals surface area contributed by atoms with E-state index in [0.717, 1.165) is 50.3 Å². The van der Waals surface area contributed by atoms with Crippen molar-refractivity contribution in [3.63, 3.8) is 0 Å². The number of carbonyl (C=O) groups is 1. The van der Waals surface area contributed by atoms with Crippen molar-refractivity contribution in [3.05, 3.63) is 47.3 Å². The number of hydrogen-bond donors (Lipinski definition) is 0. The quantitative estimate of drug-likeness (QED) is 0.770. The van der Waals surface area contributed by atoms with Gasteiger partial charge in [-0.3, -0.25) is 14.5 Å². The van der Waals surface area contributed by atoms with E-state index in [0.29, 0.717) is 6.54 Å². The highest BCUT2D eigenvalue weighted by atomic mass is 16.2. The Morgan fingerprint density at radius 2 is 2.04 bits per heavy atom. The maximum absolute atomic E-state index is 11.9. The van der Waals surface area contributed by atoms with Crippen LogP contribution < -0.4 is 4.90 Å². The fourth-order valence-corrected chi connectivity index (χ4v) is 4.56. The number of hydrogen-bond acceptors (Lipinski definition) is 4. The number of anilines is 1. The van der Waals surface area contributed by atoms with Gasteiger partial charge in [0.15, 0.2) is 0 Å². The molecule has 3 aliphatic heterocycles. The Balaban J connectivity index is 1.47. The standard InChI is InChI=1S/C22H25N5O/c1-15(28)26-9-7-18-11-23-22(20(18)14-26)27-8-3-4-17-10-16(5-6-21(17)27)19-12-24-25(2)13-19/h5-6,10,12-13H,3-4,7-9,11,14H2,1-2H3. The minimum Gasteiger partial charge on any atom is -0.338 e. The molecule has 0 atom stereocenters. The summed E-state index contributed by atoms with van der Waals surface area (Å²) in [4.78, 5) is 21.1. The number of aliphatic imine (C=N–C) groups is 1. The van der Waals surface area contributed by atoms with Crippen molar-refractivity contribution in [2.75, 3.05) is 31.1 Å². The topological polar surface area (TPSA) is 53.7 Å². The van der Waals surface area contributed by atoms with Crippen LogP contribution in [-0.2, 0) is 18.3 Å². The van der Waals surface area contributed by atoms with Crippen molar-refractivity contribution < 1.29 is 4.79 Å². The lowest BCUT2D eigenvalue weighted by atomic mass is 9.95. The smallest absolute Gasteiger partial charge is 0.219 e. The highest BCUT2D eigenvalue weighted by Gasteiger charge is 2.32. The van der Waals surface area contributed by atoms with Gasteiger partial charge in [-0.25, -0.2) is 0 Å². The number of rotatable bonds is 1. The summed E-state index contributed by atoms with van der Waals surface area (Å²) in [5.74, 6) is 1.23. The van der Waals surface area contributed by atoms with Crippen LogP contribution in [0.1, 0.15) is 25.3 Å². The van der Waals surface area contributed by atoms with Gasteiger partial charge in [-0.2, -0.15) is 5.10 Å². The molecule has 2 aromatic rings. The minimum absolute atomic E-state index is 0.151. The molecular formula is C22H25N5O. The largest absolute Gasteiger partial charge is 0.338 e. The predicted molar refractivity (Wildman–Crippen MR) is 111 cm³/mol. The van der Waals surface area contributed by atoms with Gasteiger partial charge in [0.05, 0.1) is 12.7 Å². The van der Waals surface area contributed by atoms with Gasteiger partial charge in [0, 0.05) is 56.6 Å². The van der Waals surface area contributed by atoms with Crippen LogP contribution in [0.25, 0.3) is 11.1 Å². The van der Waals surface area contributed by atoms with Crippen LogP contribution in [0.4, 0.5) is 5.69 Å². The molecule has 0 saturated heterocycles. The molecule has 6 heteroatoms. The summed E-state index contributed by atoms with van der Waals surface area (Å²) in [6.45, 7) is 4.95. The van der Waals surface area contributed by atoms with Crippen molar-refractivity contribution in [2.45, 2.75) is 26.2 Å². The second-order valence-corrected chi connectivity index (χ2v) is 7.91. The van der Waals surface area contributed by atoms with Gasteiger partial charge in [0.1, 0.15) is 5.84 Å². The normalized spacial score (nSPS) is 18.9. The zero-order valence-electron chi connectivity index (χ0n) is 16.5. The molecule has 1 amide bonds. The molecule has 1 aromatic heterocycles. The maximum atomic E-state index is 11.9. The first kappa shape index (κ1) is 17.2. The Kier molecular flexibility index (Phi) is 4.07. The maximum Gasteiger partial charge on any atom is 0.219 e. The lowest BCUT2D eigenvalue weighted by molar-refractivity contribution is -0.128. The molecule has 0 spiro atoms. The van der Waals surface area contributed by atoms with Gasteiger partial charge in [-0.05, 0) is 48.1 Å². The molecule has 0 radical (unpaired) electrons. The molecule has 28 heavy (non-hydrogen) atoms. The molecule has 4 heterocycles. The molecule has 144 valence electrons.